The number of rotatable bonds is 5. The molecule has 0 aliphatic carbocycles. The Labute approximate surface area is 98.5 Å². The number of nitrogens with one attached hydrogen (secondary N) is 1. The minimum Gasteiger partial charge on any atom is -0.310 e. The Morgan fingerprint density at radius 2 is 2.31 bits per heavy atom. The quantitative estimate of drug-likeness (QED) is 0.855. The number of hydrogen-bond donors (Lipinski definition) is 1. The van der Waals surface area contributed by atoms with Crippen molar-refractivity contribution in [2.45, 2.75) is 20.4 Å². The number of aromatic nitrogens is 4. The van der Waals surface area contributed by atoms with Crippen molar-refractivity contribution in [3.8, 4) is 5.13 Å². The van der Waals surface area contributed by atoms with E-state index in [2.05, 4.69) is 34.2 Å². The van der Waals surface area contributed by atoms with Crippen molar-refractivity contribution >= 4 is 11.3 Å². The molecule has 0 aliphatic rings. The van der Waals surface area contributed by atoms with Crippen molar-refractivity contribution in [2.24, 2.45) is 5.92 Å². The second kappa shape index (κ2) is 5.18. The van der Waals surface area contributed by atoms with E-state index in [1.165, 1.54) is 0 Å². The Morgan fingerprint density at radius 1 is 1.44 bits per heavy atom. The van der Waals surface area contributed by atoms with E-state index in [-0.39, 0.29) is 0 Å². The minimum atomic E-state index is 0.635. The molecule has 5 nitrogen and oxygen atoms in total. The second-order valence-corrected chi connectivity index (χ2v) is 4.80. The Bertz CT molecular complexity index is 420. The smallest absolute Gasteiger partial charge is 0.212 e. The summed E-state index contributed by atoms with van der Waals surface area (Å²) in [6, 6.07) is 0. The summed E-state index contributed by atoms with van der Waals surface area (Å²) < 4.78 is 1.78. The average Bonchev–Trinajstić information content (AvgIpc) is 2.84. The highest BCUT2D eigenvalue weighted by Gasteiger charge is 2.07. The lowest BCUT2D eigenvalue weighted by Crippen LogP contribution is -2.21. The summed E-state index contributed by atoms with van der Waals surface area (Å²) in [4.78, 5) is 8.44. The van der Waals surface area contributed by atoms with Gasteiger partial charge in [-0.15, -0.1) is 11.3 Å². The number of hydrogen-bond acceptors (Lipinski definition) is 5. The zero-order valence-corrected chi connectivity index (χ0v) is 10.2. The van der Waals surface area contributed by atoms with Crippen LogP contribution in [-0.4, -0.2) is 26.3 Å². The molecule has 0 aromatic carbocycles. The van der Waals surface area contributed by atoms with Crippen molar-refractivity contribution in [3.63, 3.8) is 0 Å². The summed E-state index contributed by atoms with van der Waals surface area (Å²) in [6.45, 7) is 6.06. The molecular weight excluding hydrogens is 222 g/mol. The summed E-state index contributed by atoms with van der Waals surface area (Å²) in [5, 5.41) is 10.3. The molecule has 0 atom stereocenters. The third-order valence-electron chi connectivity index (χ3n) is 2.05. The van der Waals surface area contributed by atoms with Crippen LogP contribution in [0.15, 0.2) is 17.9 Å². The van der Waals surface area contributed by atoms with E-state index in [0.29, 0.717) is 5.92 Å². The Hall–Kier alpha value is -1.27. The zero-order chi connectivity index (χ0) is 11.4. The Balaban J connectivity index is 2.03. The molecule has 1 N–H and O–H groups in total. The average molecular weight is 237 g/mol. The van der Waals surface area contributed by atoms with E-state index in [0.717, 1.165) is 24.0 Å². The van der Waals surface area contributed by atoms with Crippen LogP contribution in [-0.2, 0) is 6.54 Å². The van der Waals surface area contributed by atoms with Gasteiger partial charge in [0.25, 0.3) is 0 Å². The third kappa shape index (κ3) is 2.65. The summed E-state index contributed by atoms with van der Waals surface area (Å²) >= 11 is 1.56. The molecule has 0 saturated heterocycles. The summed E-state index contributed by atoms with van der Waals surface area (Å²) in [6.07, 6.45) is 3.33. The SMILES string of the molecule is CC(C)CNCc1ncnn1-c1nccs1. The van der Waals surface area contributed by atoms with E-state index in [4.69, 9.17) is 0 Å². The van der Waals surface area contributed by atoms with Gasteiger partial charge in [-0.3, -0.25) is 0 Å². The second-order valence-electron chi connectivity index (χ2n) is 3.93. The first-order chi connectivity index (χ1) is 7.77. The maximum atomic E-state index is 4.23. The molecule has 6 heteroatoms. The van der Waals surface area contributed by atoms with Crippen LogP contribution in [0.1, 0.15) is 19.7 Å². The van der Waals surface area contributed by atoms with Gasteiger partial charge in [0.2, 0.25) is 5.13 Å². The Kier molecular flexibility index (Phi) is 3.63. The summed E-state index contributed by atoms with van der Waals surface area (Å²) in [7, 11) is 0. The van der Waals surface area contributed by atoms with E-state index < -0.39 is 0 Å². The van der Waals surface area contributed by atoms with Crippen molar-refractivity contribution in [3.05, 3.63) is 23.7 Å². The highest BCUT2D eigenvalue weighted by molar-refractivity contribution is 7.12. The minimum absolute atomic E-state index is 0.635. The lowest BCUT2D eigenvalue weighted by Gasteiger charge is -2.06. The Morgan fingerprint density at radius 3 is 3.00 bits per heavy atom. The molecular formula is C10H15N5S. The summed E-state index contributed by atoms with van der Waals surface area (Å²) in [5.41, 5.74) is 0. The topological polar surface area (TPSA) is 55.6 Å². The molecule has 0 saturated carbocycles. The van der Waals surface area contributed by atoms with Crippen LogP contribution >= 0.6 is 11.3 Å². The van der Waals surface area contributed by atoms with Gasteiger partial charge in [0.05, 0.1) is 6.54 Å². The molecule has 0 spiro atoms. The molecule has 2 heterocycles. The van der Waals surface area contributed by atoms with Crippen LogP contribution in [0.5, 0.6) is 0 Å². The lowest BCUT2D eigenvalue weighted by atomic mass is 10.2. The highest BCUT2D eigenvalue weighted by Crippen LogP contribution is 2.11. The van der Waals surface area contributed by atoms with Gasteiger partial charge in [-0.05, 0) is 12.5 Å². The molecule has 0 amide bonds. The monoisotopic (exact) mass is 237 g/mol. The maximum Gasteiger partial charge on any atom is 0.212 e. The van der Waals surface area contributed by atoms with Crippen LogP contribution in [0.3, 0.4) is 0 Å². The van der Waals surface area contributed by atoms with Crippen molar-refractivity contribution < 1.29 is 0 Å². The van der Waals surface area contributed by atoms with Gasteiger partial charge in [-0.25, -0.2) is 9.97 Å². The van der Waals surface area contributed by atoms with Gasteiger partial charge < -0.3 is 5.32 Å². The first-order valence-electron chi connectivity index (χ1n) is 5.27. The van der Waals surface area contributed by atoms with Gasteiger partial charge in [-0.2, -0.15) is 9.78 Å². The molecule has 0 bridgehead atoms. The largest absolute Gasteiger partial charge is 0.310 e. The van der Waals surface area contributed by atoms with Crippen LogP contribution in [0, 0.1) is 5.92 Å². The van der Waals surface area contributed by atoms with Gasteiger partial charge in [-0.1, -0.05) is 13.8 Å². The van der Waals surface area contributed by atoms with Gasteiger partial charge >= 0.3 is 0 Å². The van der Waals surface area contributed by atoms with Crippen LogP contribution in [0.2, 0.25) is 0 Å². The first kappa shape index (κ1) is 11.2. The fraction of sp³-hybridized carbons (Fsp3) is 0.500. The van der Waals surface area contributed by atoms with Crippen LogP contribution in [0.25, 0.3) is 5.13 Å². The molecule has 0 fully saturated rings. The molecule has 86 valence electrons. The van der Waals surface area contributed by atoms with Crippen LogP contribution in [0.4, 0.5) is 0 Å². The molecule has 2 aromatic heterocycles. The number of thiazole rings is 1. The fourth-order valence-electron chi connectivity index (χ4n) is 1.34. The lowest BCUT2D eigenvalue weighted by molar-refractivity contribution is 0.537. The third-order valence-corrected chi connectivity index (χ3v) is 2.80. The van der Waals surface area contributed by atoms with Crippen LogP contribution < -0.4 is 5.32 Å². The molecule has 0 unspecified atom stereocenters. The molecule has 2 aromatic rings. The van der Waals surface area contributed by atoms with Gasteiger partial charge in [0.1, 0.15) is 12.2 Å². The number of nitrogens with zero attached hydrogens (tertiary/aromatic N) is 4. The fourth-order valence-corrected chi connectivity index (χ4v) is 1.96. The maximum absolute atomic E-state index is 4.23. The van der Waals surface area contributed by atoms with E-state index in [1.54, 1.807) is 28.5 Å². The molecule has 16 heavy (non-hydrogen) atoms. The first-order valence-corrected chi connectivity index (χ1v) is 6.15. The van der Waals surface area contributed by atoms with E-state index in [9.17, 15) is 0 Å². The molecule has 0 radical (unpaired) electrons. The van der Waals surface area contributed by atoms with E-state index in [1.807, 2.05) is 5.38 Å². The normalized spacial score (nSPS) is 11.2. The van der Waals surface area contributed by atoms with Crippen molar-refractivity contribution in [2.75, 3.05) is 6.54 Å². The molecule has 2 rings (SSSR count). The standard InChI is InChI=1S/C10H15N5S/c1-8(2)5-11-6-9-13-7-14-15(9)10-12-3-4-16-10/h3-4,7-8,11H,5-6H2,1-2H3. The molecule has 0 aliphatic heterocycles. The van der Waals surface area contributed by atoms with Gasteiger partial charge in [0, 0.05) is 11.6 Å². The summed E-state index contributed by atoms with van der Waals surface area (Å²) in [5.74, 6) is 1.53. The zero-order valence-electron chi connectivity index (χ0n) is 9.42. The predicted molar refractivity (Wildman–Crippen MR) is 63.6 cm³/mol. The van der Waals surface area contributed by atoms with E-state index >= 15 is 0 Å². The highest BCUT2D eigenvalue weighted by atomic mass is 32.1. The van der Waals surface area contributed by atoms with Gasteiger partial charge in [0.15, 0.2) is 0 Å². The predicted octanol–water partition coefficient (Wildman–Crippen LogP) is 1.47. The van der Waals surface area contributed by atoms with Crippen molar-refractivity contribution in [1.82, 2.24) is 25.1 Å². The van der Waals surface area contributed by atoms with Crippen molar-refractivity contribution in [1.29, 1.82) is 0 Å².